The molecule has 1 fully saturated rings. The zero-order valence-corrected chi connectivity index (χ0v) is 13.6. The van der Waals surface area contributed by atoms with Crippen LogP contribution in [0.25, 0.3) is 0 Å². The lowest BCUT2D eigenvalue weighted by Crippen LogP contribution is -2.22. The minimum atomic E-state index is -0.0727. The Bertz CT molecular complexity index is 682. The predicted octanol–water partition coefficient (Wildman–Crippen LogP) is 3.47. The summed E-state index contributed by atoms with van der Waals surface area (Å²) in [5.41, 5.74) is 3.66. The van der Waals surface area contributed by atoms with E-state index in [4.69, 9.17) is 4.74 Å². The van der Waals surface area contributed by atoms with Crippen LogP contribution < -0.4 is 10.2 Å². The summed E-state index contributed by atoms with van der Waals surface area (Å²) in [5, 5.41) is 2.95. The highest BCUT2D eigenvalue weighted by molar-refractivity contribution is 6.05. The van der Waals surface area contributed by atoms with Crippen molar-refractivity contribution in [3.8, 4) is 0 Å². The van der Waals surface area contributed by atoms with Crippen molar-refractivity contribution in [2.45, 2.75) is 19.4 Å². The Hall–Kier alpha value is -2.33. The molecule has 120 valence electrons. The SMILES string of the molecule is COC1CCN(c2ccc(NC(=O)c3ccccc3C)cc2)C1. The number of carbonyl (C=O) groups excluding carboxylic acids is 1. The first-order chi connectivity index (χ1) is 11.2. The van der Waals surface area contributed by atoms with Gasteiger partial charge in [0, 0.05) is 37.1 Å². The number of nitrogens with zero attached hydrogens (tertiary/aromatic N) is 1. The van der Waals surface area contributed by atoms with E-state index < -0.39 is 0 Å². The molecule has 4 nitrogen and oxygen atoms in total. The van der Waals surface area contributed by atoms with Gasteiger partial charge in [0.2, 0.25) is 0 Å². The summed E-state index contributed by atoms with van der Waals surface area (Å²) in [7, 11) is 1.76. The van der Waals surface area contributed by atoms with E-state index in [1.807, 2.05) is 55.5 Å². The van der Waals surface area contributed by atoms with Crippen molar-refractivity contribution in [3.63, 3.8) is 0 Å². The Morgan fingerprint density at radius 3 is 2.57 bits per heavy atom. The van der Waals surface area contributed by atoms with E-state index >= 15 is 0 Å². The van der Waals surface area contributed by atoms with Crippen LogP contribution in [0.2, 0.25) is 0 Å². The molecule has 1 N–H and O–H groups in total. The molecule has 2 aromatic rings. The molecule has 23 heavy (non-hydrogen) atoms. The molecule has 1 atom stereocenters. The van der Waals surface area contributed by atoms with Crippen LogP contribution in [-0.4, -0.2) is 32.2 Å². The third-order valence-corrected chi connectivity index (χ3v) is 4.36. The molecule has 2 aromatic carbocycles. The fourth-order valence-electron chi connectivity index (χ4n) is 2.94. The fourth-order valence-corrected chi connectivity index (χ4v) is 2.94. The molecule has 1 aliphatic heterocycles. The molecule has 1 heterocycles. The number of hydrogen-bond acceptors (Lipinski definition) is 3. The second kappa shape index (κ2) is 6.84. The summed E-state index contributed by atoms with van der Waals surface area (Å²) in [6.07, 6.45) is 1.37. The monoisotopic (exact) mass is 310 g/mol. The number of carbonyl (C=O) groups is 1. The largest absolute Gasteiger partial charge is 0.380 e. The summed E-state index contributed by atoms with van der Waals surface area (Å²) in [5.74, 6) is -0.0727. The van der Waals surface area contributed by atoms with Crippen LogP contribution in [0.5, 0.6) is 0 Å². The average Bonchev–Trinajstić information content (AvgIpc) is 3.05. The number of amides is 1. The van der Waals surface area contributed by atoms with Crippen molar-refractivity contribution in [3.05, 3.63) is 59.7 Å². The molecule has 1 amide bonds. The minimum Gasteiger partial charge on any atom is -0.380 e. The lowest BCUT2D eigenvalue weighted by molar-refractivity contribution is 0.102. The predicted molar refractivity (Wildman–Crippen MR) is 93.2 cm³/mol. The Kier molecular flexibility index (Phi) is 4.63. The standard InChI is InChI=1S/C19H22N2O2/c1-14-5-3-4-6-18(14)19(22)20-15-7-9-16(10-8-15)21-12-11-17(13-21)23-2/h3-10,17H,11-13H2,1-2H3,(H,20,22). The molecule has 4 heteroatoms. The van der Waals surface area contributed by atoms with Crippen LogP contribution in [0, 0.1) is 6.92 Å². The van der Waals surface area contributed by atoms with Gasteiger partial charge in [-0.25, -0.2) is 0 Å². The van der Waals surface area contributed by atoms with Crippen molar-refractivity contribution in [2.75, 3.05) is 30.4 Å². The first kappa shape index (κ1) is 15.6. The topological polar surface area (TPSA) is 41.6 Å². The maximum atomic E-state index is 12.3. The van der Waals surface area contributed by atoms with Gasteiger partial charge in [0.1, 0.15) is 0 Å². The van der Waals surface area contributed by atoms with Crippen LogP contribution in [-0.2, 0) is 4.74 Å². The van der Waals surface area contributed by atoms with Crippen LogP contribution in [0.3, 0.4) is 0 Å². The summed E-state index contributed by atoms with van der Waals surface area (Å²) in [6.45, 7) is 3.87. The zero-order valence-electron chi connectivity index (χ0n) is 13.6. The molecule has 0 radical (unpaired) electrons. The van der Waals surface area contributed by atoms with E-state index in [2.05, 4.69) is 10.2 Å². The number of rotatable bonds is 4. The minimum absolute atomic E-state index is 0.0727. The number of methoxy groups -OCH3 is 1. The number of nitrogens with one attached hydrogen (secondary N) is 1. The molecule has 1 unspecified atom stereocenters. The van der Waals surface area contributed by atoms with Gasteiger partial charge in [0.25, 0.3) is 5.91 Å². The highest BCUT2D eigenvalue weighted by Crippen LogP contribution is 2.23. The molecule has 0 aromatic heterocycles. The van der Waals surface area contributed by atoms with Crippen LogP contribution in [0.4, 0.5) is 11.4 Å². The van der Waals surface area contributed by atoms with Crippen LogP contribution >= 0.6 is 0 Å². The van der Waals surface area contributed by atoms with E-state index in [0.29, 0.717) is 11.7 Å². The van der Waals surface area contributed by atoms with Crippen molar-refractivity contribution >= 4 is 17.3 Å². The van der Waals surface area contributed by atoms with Gasteiger partial charge < -0.3 is 15.0 Å². The molecule has 0 bridgehead atoms. The molecule has 0 saturated carbocycles. The Morgan fingerprint density at radius 1 is 1.17 bits per heavy atom. The van der Waals surface area contributed by atoms with E-state index in [9.17, 15) is 4.79 Å². The third kappa shape index (κ3) is 3.54. The van der Waals surface area contributed by atoms with Gasteiger partial charge in [0.15, 0.2) is 0 Å². The van der Waals surface area contributed by atoms with E-state index in [1.165, 1.54) is 5.69 Å². The number of ether oxygens (including phenoxy) is 1. The van der Waals surface area contributed by atoms with E-state index in [-0.39, 0.29) is 5.91 Å². The van der Waals surface area contributed by atoms with Gasteiger partial charge in [-0.2, -0.15) is 0 Å². The summed E-state index contributed by atoms with van der Waals surface area (Å²) < 4.78 is 5.40. The highest BCUT2D eigenvalue weighted by Gasteiger charge is 2.22. The smallest absolute Gasteiger partial charge is 0.255 e. The molecule has 1 aliphatic rings. The van der Waals surface area contributed by atoms with Crippen molar-refractivity contribution in [1.29, 1.82) is 0 Å². The van der Waals surface area contributed by atoms with E-state index in [1.54, 1.807) is 7.11 Å². The van der Waals surface area contributed by atoms with Gasteiger partial charge in [-0.05, 0) is 49.2 Å². The Balaban J connectivity index is 1.66. The number of aryl methyl sites for hydroxylation is 1. The molecule has 0 spiro atoms. The maximum absolute atomic E-state index is 12.3. The van der Waals surface area contributed by atoms with Crippen molar-refractivity contribution in [2.24, 2.45) is 0 Å². The van der Waals surface area contributed by atoms with Crippen molar-refractivity contribution in [1.82, 2.24) is 0 Å². The first-order valence-electron chi connectivity index (χ1n) is 7.92. The number of anilines is 2. The Labute approximate surface area is 137 Å². The molecule has 1 saturated heterocycles. The summed E-state index contributed by atoms with van der Waals surface area (Å²) in [4.78, 5) is 14.6. The van der Waals surface area contributed by atoms with Gasteiger partial charge in [-0.3, -0.25) is 4.79 Å². The average molecular weight is 310 g/mol. The lowest BCUT2D eigenvalue weighted by Gasteiger charge is -2.18. The zero-order chi connectivity index (χ0) is 16.2. The summed E-state index contributed by atoms with van der Waals surface area (Å²) >= 11 is 0. The molecular weight excluding hydrogens is 288 g/mol. The van der Waals surface area contributed by atoms with Gasteiger partial charge in [0.05, 0.1) is 6.10 Å². The number of hydrogen-bond donors (Lipinski definition) is 1. The van der Waals surface area contributed by atoms with Crippen LogP contribution in [0.15, 0.2) is 48.5 Å². The highest BCUT2D eigenvalue weighted by atomic mass is 16.5. The first-order valence-corrected chi connectivity index (χ1v) is 7.92. The van der Waals surface area contributed by atoms with Gasteiger partial charge >= 0.3 is 0 Å². The maximum Gasteiger partial charge on any atom is 0.255 e. The van der Waals surface area contributed by atoms with Gasteiger partial charge in [-0.15, -0.1) is 0 Å². The second-order valence-corrected chi connectivity index (χ2v) is 5.91. The van der Waals surface area contributed by atoms with Crippen molar-refractivity contribution < 1.29 is 9.53 Å². The van der Waals surface area contributed by atoms with Crippen LogP contribution in [0.1, 0.15) is 22.3 Å². The normalized spacial score (nSPS) is 17.3. The summed E-state index contributed by atoms with van der Waals surface area (Å²) in [6, 6.07) is 15.6. The molecule has 0 aliphatic carbocycles. The number of benzene rings is 2. The fraction of sp³-hybridized carbons (Fsp3) is 0.316. The Morgan fingerprint density at radius 2 is 1.91 bits per heavy atom. The second-order valence-electron chi connectivity index (χ2n) is 5.91. The third-order valence-electron chi connectivity index (χ3n) is 4.36. The van der Waals surface area contributed by atoms with E-state index in [0.717, 1.165) is 30.8 Å². The molecular formula is C19H22N2O2. The quantitative estimate of drug-likeness (QED) is 0.940. The molecule has 3 rings (SSSR count). The van der Waals surface area contributed by atoms with Gasteiger partial charge in [-0.1, -0.05) is 18.2 Å². The lowest BCUT2D eigenvalue weighted by atomic mass is 10.1.